The Morgan fingerprint density at radius 1 is 1.53 bits per heavy atom. The zero-order valence-electron chi connectivity index (χ0n) is 12.2. The average molecular weight is 272 g/mol. The minimum Gasteiger partial charge on any atom is -0.379 e. The van der Waals surface area contributed by atoms with Gasteiger partial charge in [-0.05, 0) is 45.6 Å². The molecule has 1 aliphatic rings. The van der Waals surface area contributed by atoms with Crippen LogP contribution in [-0.2, 0) is 14.3 Å². The van der Waals surface area contributed by atoms with E-state index in [2.05, 4.69) is 5.32 Å². The Morgan fingerprint density at radius 2 is 2.32 bits per heavy atom. The Hall–Kier alpha value is -0.650. The first-order valence-electron chi connectivity index (χ1n) is 7.33. The van der Waals surface area contributed by atoms with Gasteiger partial charge in [-0.15, -0.1) is 0 Å². The number of carbonyl (C=O) groups excluding carboxylic acids is 1. The first-order chi connectivity index (χ1) is 9.08. The third kappa shape index (κ3) is 5.89. The van der Waals surface area contributed by atoms with Gasteiger partial charge in [-0.1, -0.05) is 6.92 Å². The molecular weight excluding hydrogens is 244 g/mol. The number of amides is 1. The molecule has 112 valence electrons. The highest BCUT2D eigenvalue weighted by Gasteiger charge is 2.29. The Morgan fingerprint density at radius 3 is 2.89 bits per heavy atom. The predicted molar refractivity (Wildman–Crippen MR) is 74.9 cm³/mol. The molecule has 0 aliphatic carbocycles. The number of rotatable bonds is 9. The molecular formula is C14H28N2O3. The van der Waals surface area contributed by atoms with Crippen LogP contribution in [-0.4, -0.2) is 43.9 Å². The Bertz CT molecular complexity index is 267. The molecule has 0 radical (unpaired) electrons. The fraction of sp³-hybridized carbons (Fsp3) is 0.929. The largest absolute Gasteiger partial charge is 0.379 e. The van der Waals surface area contributed by atoms with Crippen LogP contribution in [0.4, 0.5) is 0 Å². The van der Waals surface area contributed by atoms with Crippen LogP contribution in [0, 0.1) is 0 Å². The number of nitrogens with two attached hydrogens (primary N) is 1. The van der Waals surface area contributed by atoms with E-state index in [1.165, 1.54) is 6.42 Å². The minimum atomic E-state index is -0.626. The maximum absolute atomic E-state index is 11.4. The zero-order valence-corrected chi connectivity index (χ0v) is 12.2. The number of primary amides is 1. The second-order valence-electron chi connectivity index (χ2n) is 5.39. The van der Waals surface area contributed by atoms with Gasteiger partial charge in [0.25, 0.3) is 0 Å². The van der Waals surface area contributed by atoms with Gasteiger partial charge in [-0.3, -0.25) is 4.79 Å². The van der Waals surface area contributed by atoms with E-state index in [1.807, 2.05) is 13.8 Å². The second-order valence-corrected chi connectivity index (χ2v) is 5.39. The van der Waals surface area contributed by atoms with Crippen molar-refractivity contribution in [3.8, 4) is 0 Å². The fourth-order valence-electron chi connectivity index (χ4n) is 2.37. The summed E-state index contributed by atoms with van der Waals surface area (Å²) in [5.74, 6) is -0.301. The molecule has 1 rings (SSSR count). The quantitative estimate of drug-likeness (QED) is 0.619. The maximum Gasteiger partial charge on any atom is 0.237 e. The summed E-state index contributed by atoms with van der Waals surface area (Å²) in [5, 5.41) is 3.14. The molecule has 19 heavy (non-hydrogen) atoms. The lowest BCUT2D eigenvalue weighted by molar-refractivity contribution is -0.124. The summed E-state index contributed by atoms with van der Waals surface area (Å²) in [7, 11) is 0. The Kier molecular flexibility index (Phi) is 7.34. The third-order valence-electron chi connectivity index (χ3n) is 3.65. The van der Waals surface area contributed by atoms with E-state index in [0.717, 1.165) is 32.4 Å². The first kappa shape index (κ1) is 16.4. The van der Waals surface area contributed by atoms with E-state index in [1.54, 1.807) is 0 Å². The molecule has 0 aromatic carbocycles. The van der Waals surface area contributed by atoms with Crippen molar-refractivity contribution in [1.82, 2.24) is 5.32 Å². The van der Waals surface area contributed by atoms with Gasteiger partial charge in [0, 0.05) is 13.2 Å². The van der Waals surface area contributed by atoms with Gasteiger partial charge in [0.2, 0.25) is 5.91 Å². The molecule has 1 aliphatic heterocycles. The molecule has 5 heteroatoms. The fourth-order valence-corrected chi connectivity index (χ4v) is 2.37. The van der Waals surface area contributed by atoms with E-state index in [0.29, 0.717) is 19.6 Å². The van der Waals surface area contributed by atoms with Crippen LogP contribution < -0.4 is 11.1 Å². The molecule has 0 bridgehead atoms. The summed E-state index contributed by atoms with van der Waals surface area (Å²) in [6, 6.07) is 0. The van der Waals surface area contributed by atoms with Gasteiger partial charge < -0.3 is 20.5 Å². The van der Waals surface area contributed by atoms with Crippen LogP contribution in [0.15, 0.2) is 0 Å². The summed E-state index contributed by atoms with van der Waals surface area (Å²) in [6.45, 7) is 6.72. The highest BCUT2D eigenvalue weighted by atomic mass is 16.5. The topological polar surface area (TPSA) is 73.6 Å². The molecule has 3 N–H and O–H groups in total. The van der Waals surface area contributed by atoms with Gasteiger partial charge in [0.15, 0.2) is 0 Å². The summed E-state index contributed by atoms with van der Waals surface area (Å²) in [4.78, 5) is 11.4. The molecule has 2 unspecified atom stereocenters. The summed E-state index contributed by atoms with van der Waals surface area (Å²) in [6.07, 6.45) is 5.26. The second kappa shape index (κ2) is 8.51. The summed E-state index contributed by atoms with van der Waals surface area (Å²) in [5.41, 5.74) is 4.80. The van der Waals surface area contributed by atoms with Crippen LogP contribution in [0.25, 0.3) is 0 Å². The summed E-state index contributed by atoms with van der Waals surface area (Å²) < 4.78 is 11.2. The van der Waals surface area contributed by atoms with E-state index >= 15 is 0 Å². The number of likely N-dealkylation sites (N-methyl/N-ethyl adjacent to an activating group) is 1. The standard InChI is InChI=1S/C14H28N2O3/c1-3-16-14(2,13(15)17)8-6-9-18-11-12-7-4-5-10-19-12/h12,16H,3-11H2,1-2H3,(H2,15,17). The molecule has 5 nitrogen and oxygen atoms in total. The molecule has 2 atom stereocenters. The Labute approximate surface area is 116 Å². The van der Waals surface area contributed by atoms with Crippen molar-refractivity contribution >= 4 is 5.91 Å². The molecule has 1 amide bonds. The summed E-state index contributed by atoms with van der Waals surface area (Å²) >= 11 is 0. The lowest BCUT2D eigenvalue weighted by Crippen LogP contribution is -2.53. The molecule has 1 heterocycles. The molecule has 0 aromatic heterocycles. The Balaban J connectivity index is 2.12. The van der Waals surface area contributed by atoms with Crippen molar-refractivity contribution in [1.29, 1.82) is 0 Å². The van der Waals surface area contributed by atoms with Crippen LogP contribution in [0.5, 0.6) is 0 Å². The van der Waals surface area contributed by atoms with Gasteiger partial charge in [-0.25, -0.2) is 0 Å². The molecule has 0 aromatic rings. The van der Waals surface area contributed by atoms with Crippen molar-refractivity contribution in [2.45, 2.75) is 57.6 Å². The van der Waals surface area contributed by atoms with Crippen molar-refractivity contribution in [2.24, 2.45) is 5.73 Å². The monoisotopic (exact) mass is 272 g/mol. The first-order valence-corrected chi connectivity index (χ1v) is 7.33. The third-order valence-corrected chi connectivity index (χ3v) is 3.65. The molecule has 0 spiro atoms. The number of nitrogens with one attached hydrogen (secondary N) is 1. The number of hydrogen-bond acceptors (Lipinski definition) is 4. The minimum absolute atomic E-state index is 0.255. The predicted octanol–water partition coefficient (Wildman–Crippen LogP) is 1.21. The average Bonchev–Trinajstić information content (AvgIpc) is 2.39. The molecule has 1 saturated heterocycles. The van der Waals surface area contributed by atoms with Gasteiger partial charge >= 0.3 is 0 Å². The van der Waals surface area contributed by atoms with Crippen LogP contribution in [0.3, 0.4) is 0 Å². The van der Waals surface area contributed by atoms with Gasteiger partial charge in [-0.2, -0.15) is 0 Å². The van der Waals surface area contributed by atoms with Crippen molar-refractivity contribution in [3.63, 3.8) is 0 Å². The zero-order chi connectivity index (χ0) is 14.1. The van der Waals surface area contributed by atoms with E-state index in [4.69, 9.17) is 15.2 Å². The van der Waals surface area contributed by atoms with Crippen molar-refractivity contribution in [3.05, 3.63) is 0 Å². The molecule has 1 fully saturated rings. The van der Waals surface area contributed by atoms with Crippen LogP contribution in [0.2, 0.25) is 0 Å². The smallest absolute Gasteiger partial charge is 0.237 e. The molecule has 0 saturated carbocycles. The van der Waals surface area contributed by atoms with Gasteiger partial charge in [0.05, 0.1) is 18.2 Å². The van der Waals surface area contributed by atoms with Crippen LogP contribution >= 0.6 is 0 Å². The van der Waals surface area contributed by atoms with E-state index in [-0.39, 0.29) is 12.0 Å². The van der Waals surface area contributed by atoms with Crippen molar-refractivity contribution < 1.29 is 14.3 Å². The van der Waals surface area contributed by atoms with Gasteiger partial charge in [0.1, 0.15) is 0 Å². The number of carbonyl (C=O) groups is 1. The number of hydrogen-bond donors (Lipinski definition) is 2. The van der Waals surface area contributed by atoms with E-state index in [9.17, 15) is 4.79 Å². The SMILES string of the molecule is CCNC(C)(CCCOCC1CCCCO1)C(N)=O. The maximum atomic E-state index is 11.4. The highest BCUT2D eigenvalue weighted by molar-refractivity contribution is 5.84. The lowest BCUT2D eigenvalue weighted by Gasteiger charge is -2.27. The van der Waals surface area contributed by atoms with Crippen molar-refractivity contribution in [2.75, 3.05) is 26.4 Å². The van der Waals surface area contributed by atoms with E-state index < -0.39 is 5.54 Å². The highest BCUT2D eigenvalue weighted by Crippen LogP contribution is 2.14. The van der Waals surface area contributed by atoms with Crippen LogP contribution in [0.1, 0.15) is 46.0 Å². The number of ether oxygens (including phenoxy) is 2. The lowest BCUT2D eigenvalue weighted by atomic mass is 9.95. The normalized spacial score (nSPS) is 22.9.